The number of ether oxygens (including phenoxy) is 1. The smallest absolute Gasteiger partial charge is 0.335 e. The fourth-order valence-corrected chi connectivity index (χ4v) is 1.71. The van der Waals surface area contributed by atoms with E-state index >= 15 is 0 Å². The molecule has 1 rings (SSSR count). The molecule has 0 aromatic heterocycles. The Kier molecular flexibility index (Phi) is 5.70. The highest BCUT2D eigenvalue weighted by Crippen LogP contribution is 2.24. The first-order valence-corrected chi connectivity index (χ1v) is 6.99. The molecule has 4 nitrogen and oxygen atoms in total. The van der Waals surface area contributed by atoms with Crippen molar-refractivity contribution in [3.63, 3.8) is 0 Å². The summed E-state index contributed by atoms with van der Waals surface area (Å²) in [7, 11) is 0. The van der Waals surface area contributed by atoms with Crippen LogP contribution in [0.2, 0.25) is 0 Å². The third-order valence-corrected chi connectivity index (χ3v) is 2.98. The zero-order chi connectivity index (χ0) is 16.0. The fourth-order valence-electron chi connectivity index (χ4n) is 1.71. The molecule has 21 heavy (non-hydrogen) atoms. The van der Waals surface area contributed by atoms with Crippen molar-refractivity contribution in [1.29, 1.82) is 0 Å². The lowest BCUT2D eigenvalue weighted by Crippen LogP contribution is -2.39. The molecule has 0 aliphatic heterocycles. The van der Waals surface area contributed by atoms with Gasteiger partial charge in [-0.25, -0.2) is 4.79 Å². The fraction of sp³-hybridized carbons (Fsp3) is 0.412. The van der Waals surface area contributed by atoms with E-state index in [-0.39, 0.29) is 18.1 Å². The van der Waals surface area contributed by atoms with Crippen molar-refractivity contribution in [1.82, 2.24) is 5.32 Å². The summed E-state index contributed by atoms with van der Waals surface area (Å²) in [4.78, 5) is 24.1. The standard InChI is InChI=1S/C17H23NO3/c1-6-21-15(19)12(2)14(13-10-8-7-9-11-13)18-16(20)17(3,4)5/h7-11,14H,2,6H2,1,3-5H3,(H,18,20). The molecule has 0 saturated heterocycles. The van der Waals surface area contributed by atoms with Gasteiger partial charge in [-0.2, -0.15) is 0 Å². The topological polar surface area (TPSA) is 55.4 Å². The predicted octanol–water partition coefficient (Wildman–Crippen LogP) is 3.01. The number of rotatable bonds is 5. The molecule has 4 heteroatoms. The molecular formula is C17H23NO3. The van der Waals surface area contributed by atoms with E-state index in [1.807, 2.05) is 51.1 Å². The largest absolute Gasteiger partial charge is 0.463 e. The minimum Gasteiger partial charge on any atom is -0.463 e. The Labute approximate surface area is 126 Å². The van der Waals surface area contributed by atoms with E-state index in [0.717, 1.165) is 5.56 Å². The zero-order valence-corrected chi connectivity index (χ0v) is 13.1. The van der Waals surface area contributed by atoms with Crippen LogP contribution < -0.4 is 5.32 Å². The van der Waals surface area contributed by atoms with Crippen LogP contribution in [0.5, 0.6) is 0 Å². The van der Waals surface area contributed by atoms with Crippen LogP contribution in [0.25, 0.3) is 0 Å². The molecule has 0 aliphatic rings. The number of hydrogen-bond acceptors (Lipinski definition) is 3. The Balaban J connectivity index is 3.04. The van der Waals surface area contributed by atoms with Gasteiger partial charge >= 0.3 is 5.97 Å². The van der Waals surface area contributed by atoms with Gasteiger partial charge in [0.25, 0.3) is 0 Å². The van der Waals surface area contributed by atoms with E-state index in [4.69, 9.17) is 4.74 Å². The molecule has 0 saturated carbocycles. The Hall–Kier alpha value is -2.10. The minimum atomic E-state index is -0.586. The van der Waals surface area contributed by atoms with Gasteiger partial charge in [0.2, 0.25) is 5.91 Å². The van der Waals surface area contributed by atoms with Gasteiger partial charge in [-0.3, -0.25) is 4.79 Å². The number of hydrogen-bond donors (Lipinski definition) is 1. The second-order valence-corrected chi connectivity index (χ2v) is 5.81. The summed E-state index contributed by atoms with van der Waals surface area (Å²) in [6.45, 7) is 11.2. The van der Waals surface area contributed by atoms with E-state index in [0.29, 0.717) is 0 Å². The second kappa shape index (κ2) is 7.07. The Bertz CT molecular complexity index is 515. The van der Waals surface area contributed by atoms with E-state index in [1.54, 1.807) is 6.92 Å². The molecular weight excluding hydrogens is 266 g/mol. The van der Waals surface area contributed by atoms with Gasteiger partial charge in [0.15, 0.2) is 0 Å². The van der Waals surface area contributed by atoms with Crippen LogP contribution in [0.3, 0.4) is 0 Å². The van der Waals surface area contributed by atoms with Crippen LogP contribution in [0.15, 0.2) is 42.5 Å². The number of nitrogens with one attached hydrogen (secondary N) is 1. The zero-order valence-electron chi connectivity index (χ0n) is 13.1. The molecule has 0 aliphatic carbocycles. The van der Waals surface area contributed by atoms with Crippen molar-refractivity contribution in [2.24, 2.45) is 5.41 Å². The van der Waals surface area contributed by atoms with Crippen LogP contribution in [-0.4, -0.2) is 18.5 Å². The third kappa shape index (κ3) is 4.74. The van der Waals surface area contributed by atoms with Gasteiger partial charge in [0.1, 0.15) is 0 Å². The highest BCUT2D eigenvalue weighted by Gasteiger charge is 2.28. The lowest BCUT2D eigenvalue weighted by Gasteiger charge is -2.25. The van der Waals surface area contributed by atoms with Crippen molar-refractivity contribution in [3.05, 3.63) is 48.0 Å². The SMILES string of the molecule is C=C(C(=O)OCC)C(NC(=O)C(C)(C)C)c1ccccc1. The number of carbonyl (C=O) groups excluding carboxylic acids is 2. The minimum absolute atomic E-state index is 0.151. The van der Waals surface area contributed by atoms with Crippen LogP contribution in [0.1, 0.15) is 39.3 Å². The molecule has 1 atom stereocenters. The first-order chi connectivity index (χ1) is 9.77. The van der Waals surface area contributed by atoms with Gasteiger partial charge in [0, 0.05) is 5.41 Å². The molecule has 114 valence electrons. The molecule has 1 aromatic rings. The first kappa shape index (κ1) is 17.0. The van der Waals surface area contributed by atoms with E-state index in [9.17, 15) is 9.59 Å². The molecule has 1 amide bonds. The molecule has 1 N–H and O–H groups in total. The quantitative estimate of drug-likeness (QED) is 0.669. The van der Waals surface area contributed by atoms with Crippen LogP contribution >= 0.6 is 0 Å². The molecule has 0 bridgehead atoms. The summed E-state index contributed by atoms with van der Waals surface area (Å²) < 4.78 is 4.98. The third-order valence-electron chi connectivity index (χ3n) is 2.98. The van der Waals surface area contributed by atoms with Crippen molar-refractivity contribution < 1.29 is 14.3 Å². The van der Waals surface area contributed by atoms with Gasteiger partial charge in [0.05, 0.1) is 18.2 Å². The van der Waals surface area contributed by atoms with Crippen molar-refractivity contribution in [2.45, 2.75) is 33.7 Å². The summed E-state index contributed by atoms with van der Waals surface area (Å²) in [6.07, 6.45) is 0. The lowest BCUT2D eigenvalue weighted by molar-refractivity contribution is -0.139. The highest BCUT2D eigenvalue weighted by molar-refractivity contribution is 5.91. The maximum absolute atomic E-state index is 12.2. The summed E-state index contributed by atoms with van der Waals surface area (Å²) in [5.41, 5.74) is 0.468. The molecule has 1 unspecified atom stereocenters. The summed E-state index contributed by atoms with van der Waals surface area (Å²) in [5.74, 6) is -0.651. The second-order valence-electron chi connectivity index (χ2n) is 5.81. The average Bonchev–Trinajstić information content (AvgIpc) is 2.44. The summed E-state index contributed by atoms with van der Waals surface area (Å²) in [6, 6.07) is 8.68. The van der Waals surface area contributed by atoms with Crippen molar-refractivity contribution >= 4 is 11.9 Å². The Morgan fingerprint density at radius 1 is 1.24 bits per heavy atom. The van der Waals surface area contributed by atoms with Crippen LogP contribution in [0, 0.1) is 5.41 Å². The summed E-state index contributed by atoms with van der Waals surface area (Å²) >= 11 is 0. The molecule has 0 radical (unpaired) electrons. The monoisotopic (exact) mass is 289 g/mol. The van der Waals surface area contributed by atoms with Gasteiger partial charge < -0.3 is 10.1 Å². The van der Waals surface area contributed by atoms with Gasteiger partial charge in [-0.15, -0.1) is 0 Å². The Morgan fingerprint density at radius 2 is 1.81 bits per heavy atom. The summed E-state index contributed by atoms with van der Waals surface area (Å²) in [5, 5.41) is 2.87. The van der Waals surface area contributed by atoms with Crippen LogP contribution in [0.4, 0.5) is 0 Å². The van der Waals surface area contributed by atoms with E-state index < -0.39 is 17.4 Å². The van der Waals surface area contributed by atoms with Gasteiger partial charge in [-0.05, 0) is 12.5 Å². The molecule has 0 heterocycles. The predicted molar refractivity (Wildman–Crippen MR) is 82.6 cm³/mol. The lowest BCUT2D eigenvalue weighted by atomic mass is 9.93. The number of esters is 1. The van der Waals surface area contributed by atoms with Crippen LogP contribution in [-0.2, 0) is 14.3 Å². The molecule has 1 aromatic carbocycles. The average molecular weight is 289 g/mol. The molecule has 0 fully saturated rings. The first-order valence-electron chi connectivity index (χ1n) is 6.99. The number of benzene rings is 1. The maximum atomic E-state index is 12.2. The Morgan fingerprint density at radius 3 is 2.29 bits per heavy atom. The highest BCUT2D eigenvalue weighted by atomic mass is 16.5. The molecule has 0 spiro atoms. The van der Waals surface area contributed by atoms with Crippen molar-refractivity contribution in [3.8, 4) is 0 Å². The van der Waals surface area contributed by atoms with E-state index in [2.05, 4.69) is 11.9 Å². The normalized spacial score (nSPS) is 12.4. The van der Waals surface area contributed by atoms with Gasteiger partial charge in [-0.1, -0.05) is 57.7 Å². The maximum Gasteiger partial charge on any atom is 0.335 e. The number of carbonyl (C=O) groups is 2. The number of amides is 1. The van der Waals surface area contributed by atoms with E-state index in [1.165, 1.54) is 0 Å². The van der Waals surface area contributed by atoms with Crippen molar-refractivity contribution in [2.75, 3.05) is 6.61 Å².